The molecule has 23 heavy (non-hydrogen) atoms. The minimum Gasteiger partial charge on any atom is -0.481 e. The van der Waals surface area contributed by atoms with Crippen molar-refractivity contribution >= 4 is 12.1 Å². The lowest BCUT2D eigenvalue weighted by molar-refractivity contribution is -0.138. The van der Waals surface area contributed by atoms with Gasteiger partial charge in [-0.1, -0.05) is 37.3 Å². The van der Waals surface area contributed by atoms with Crippen molar-refractivity contribution < 1.29 is 24.2 Å². The maximum absolute atomic E-state index is 11.6. The van der Waals surface area contributed by atoms with Gasteiger partial charge in [0.2, 0.25) is 0 Å². The SMILES string of the molecule is CCCOC[C@H](CCNC(=O)OCc1ccccc1)CC(=O)O. The molecule has 6 nitrogen and oxygen atoms in total. The Balaban J connectivity index is 2.22. The molecule has 0 aliphatic carbocycles. The van der Waals surface area contributed by atoms with Gasteiger partial charge in [-0.05, 0) is 24.3 Å². The van der Waals surface area contributed by atoms with Crippen molar-refractivity contribution in [2.75, 3.05) is 19.8 Å². The van der Waals surface area contributed by atoms with Crippen molar-refractivity contribution in [2.24, 2.45) is 5.92 Å². The van der Waals surface area contributed by atoms with Crippen LogP contribution in [0, 0.1) is 5.92 Å². The van der Waals surface area contributed by atoms with E-state index in [9.17, 15) is 9.59 Å². The first-order valence-corrected chi connectivity index (χ1v) is 7.86. The number of alkyl carbamates (subject to hydrolysis) is 1. The Labute approximate surface area is 136 Å². The molecule has 0 fully saturated rings. The topological polar surface area (TPSA) is 84.9 Å². The Morgan fingerprint density at radius 3 is 2.65 bits per heavy atom. The van der Waals surface area contributed by atoms with Gasteiger partial charge in [-0.3, -0.25) is 4.79 Å². The van der Waals surface area contributed by atoms with Crippen LogP contribution < -0.4 is 5.32 Å². The number of carboxylic acid groups (broad SMARTS) is 1. The van der Waals surface area contributed by atoms with Gasteiger partial charge in [0.05, 0.1) is 13.0 Å². The maximum atomic E-state index is 11.6. The molecule has 128 valence electrons. The largest absolute Gasteiger partial charge is 0.481 e. The predicted octanol–water partition coefficient (Wildman–Crippen LogP) is 2.82. The zero-order valence-corrected chi connectivity index (χ0v) is 13.5. The number of aliphatic carboxylic acids is 1. The summed E-state index contributed by atoms with van der Waals surface area (Å²) in [6.45, 7) is 3.58. The van der Waals surface area contributed by atoms with E-state index >= 15 is 0 Å². The molecule has 0 heterocycles. The number of hydrogen-bond donors (Lipinski definition) is 2. The van der Waals surface area contributed by atoms with Crippen molar-refractivity contribution in [1.82, 2.24) is 5.32 Å². The fraction of sp³-hybridized carbons (Fsp3) is 0.529. The molecule has 1 aromatic carbocycles. The summed E-state index contributed by atoms with van der Waals surface area (Å²) in [7, 11) is 0. The molecular formula is C17H25NO5. The first-order valence-electron chi connectivity index (χ1n) is 7.86. The summed E-state index contributed by atoms with van der Waals surface area (Å²) in [6, 6.07) is 9.40. The Morgan fingerprint density at radius 1 is 1.26 bits per heavy atom. The number of carboxylic acids is 1. The molecular weight excluding hydrogens is 298 g/mol. The Kier molecular flexibility index (Phi) is 9.47. The average molecular weight is 323 g/mol. The van der Waals surface area contributed by atoms with E-state index < -0.39 is 12.1 Å². The quantitative estimate of drug-likeness (QED) is 0.612. The van der Waals surface area contributed by atoms with E-state index in [4.69, 9.17) is 14.6 Å². The monoisotopic (exact) mass is 323 g/mol. The number of amides is 1. The highest BCUT2D eigenvalue weighted by atomic mass is 16.5. The number of nitrogens with one attached hydrogen (secondary N) is 1. The van der Waals surface area contributed by atoms with E-state index in [1.165, 1.54) is 0 Å². The molecule has 0 aromatic heterocycles. The van der Waals surface area contributed by atoms with Crippen LogP contribution in [0.25, 0.3) is 0 Å². The molecule has 0 aliphatic rings. The van der Waals surface area contributed by atoms with Crippen molar-refractivity contribution in [3.05, 3.63) is 35.9 Å². The van der Waals surface area contributed by atoms with Crippen LogP contribution in [0.15, 0.2) is 30.3 Å². The molecule has 1 rings (SSSR count). The number of rotatable bonds is 11. The minimum absolute atomic E-state index is 0.0322. The van der Waals surface area contributed by atoms with Crippen LogP contribution in [0.4, 0.5) is 4.79 Å². The molecule has 0 bridgehead atoms. The summed E-state index contributed by atoms with van der Waals surface area (Å²) >= 11 is 0. The summed E-state index contributed by atoms with van der Waals surface area (Å²) in [5.41, 5.74) is 0.916. The van der Waals surface area contributed by atoms with Gasteiger partial charge in [-0.25, -0.2) is 4.79 Å². The second kappa shape index (κ2) is 11.5. The van der Waals surface area contributed by atoms with Crippen LogP contribution in [0.5, 0.6) is 0 Å². The van der Waals surface area contributed by atoms with Crippen LogP contribution in [-0.2, 0) is 20.9 Å². The van der Waals surface area contributed by atoms with Gasteiger partial charge in [-0.2, -0.15) is 0 Å². The zero-order valence-electron chi connectivity index (χ0n) is 13.5. The third-order valence-corrected chi connectivity index (χ3v) is 3.20. The van der Waals surface area contributed by atoms with Gasteiger partial charge >= 0.3 is 12.1 Å². The highest BCUT2D eigenvalue weighted by molar-refractivity contribution is 5.67. The van der Waals surface area contributed by atoms with Crippen molar-refractivity contribution in [1.29, 1.82) is 0 Å². The molecule has 0 unspecified atom stereocenters. The minimum atomic E-state index is -0.859. The number of hydrogen-bond acceptors (Lipinski definition) is 4. The van der Waals surface area contributed by atoms with Crippen LogP contribution in [0.2, 0.25) is 0 Å². The normalized spacial score (nSPS) is 11.7. The van der Waals surface area contributed by atoms with E-state index in [1.54, 1.807) is 0 Å². The summed E-state index contributed by atoms with van der Waals surface area (Å²) < 4.78 is 10.5. The first kappa shape index (κ1) is 19.0. The zero-order chi connectivity index (χ0) is 16.9. The Hall–Kier alpha value is -2.08. The third-order valence-electron chi connectivity index (χ3n) is 3.20. The highest BCUT2D eigenvalue weighted by Crippen LogP contribution is 2.09. The van der Waals surface area contributed by atoms with Crippen LogP contribution in [-0.4, -0.2) is 36.9 Å². The summed E-state index contributed by atoms with van der Waals surface area (Å²) in [4.78, 5) is 22.4. The molecule has 0 saturated heterocycles. The number of carbonyl (C=O) groups excluding carboxylic acids is 1. The lowest BCUT2D eigenvalue weighted by Gasteiger charge is -2.15. The first-order chi connectivity index (χ1) is 11.1. The molecule has 1 amide bonds. The standard InChI is InChI=1S/C17H25NO5/c1-2-10-22-12-15(11-16(19)20)8-9-18-17(21)23-13-14-6-4-3-5-7-14/h3-7,15H,2,8-13H2,1H3,(H,18,21)(H,19,20)/t15-/m1/s1. The van der Waals surface area contributed by atoms with E-state index in [0.29, 0.717) is 26.2 Å². The van der Waals surface area contributed by atoms with Crippen molar-refractivity contribution in [3.8, 4) is 0 Å². The second-order valence-corrected chi connectivity index (χ2v) is 5.32. The van der Waals surface area contributed by atoms with Gasteiger partial charge in [0.1, 0.15) is 6.61 Å². The van der Waals surface area contributed by atoms with Gasteiger partial charge < -0.3 is 19.9 Å². The highest BCUT2D eigenvalue weighted by Gasteiger charge is 2.14. The molecule has 1 aromatic rings. The second-order valence-electron chi connectivity index (χ2n) is 5.32. The molecule has 0 saturated carbocycles. The van der Waals surface area contributed by atoms with E-state index in [0.717, 1.165) is 12.0 Å². The Morgan fingerprint density at radius 2 is 2.00 bits per heavy atom. The van der Waals surface area contributed by atoms with Crippen LogP contribution >= 0.6 is 0 Å². The average Bonchev–Trinajstić information content (AvgIpc) is 2.53. The molecule has 0 aliphatic heterocycles. The third kappa shape index (κ3) is 9.52. The van der Waals surface area contributed by atoms with Gasteiger partial charge in [0.15, 0.2) is 0 Å². The smallest absolute Gasteiger partial charge is 0.407 e. The van der Waals surface area contributed by atoms with E-state index in [1.807, 2.05) is 37.3 Å². The van der Waals surface area contributed by atoms with E-state index in [-0.39, 0.29) is 18.9 Å². The van der Waals surface area contributed by atoms with Crippen molar-refractivity contribution in [2.45, 2.75) is 32.8 Å². The molecule has 0 spiro atoms. The molecule has 6 heteroatoms. The number of carbonyl (C=O) groups is 2. The molecule has 1 atom stereocenters. The summed E-state index contributed by atoms with van der Waals surface area (Å²) in [5, 5.41) is 11.5. The van der Waals surface area contributed by atoms with Crippen LogP contribution in [0.3, 0.4) is 0 Å². The Bertz CT molecular complexity index is 463. The van der Waals surface area contributed by atoms with E-state index in [2.05, 4.69) is 5.32 Å². The molecule has 2 N–H and O–H groups in total. The fourth-order valence-corrected chi connectivity index (χ4v) is 2.04. The fourth-order valence-electron chi connectivity index (χ4n) is 2.04. The predicted molar refractivity (Wildman–Crippen MR) is 86.1 cm³/mol. The number of benzene rings is 1. The number of ether oxygens (including phenoxy) is 2. The maximum Gasteiger partial charge on any atom is 0.407 e. The summed E-state index contributed by atoms with van der Waals surface area (Å²) in [5.74, 6) is -0.977. The van der Waals surface area contributed by atoms with Gasteiger partial charge in [0.25, 0.3) is 0 Å². The lowest BCUT2D eigenvalue weighted by atomic mass is 10.0. The molecule has 0 radical (unpaired) electrons. The van der Waals surface area contributed by atoms with Gasteiger partial charge in [0, 0.05) is 13.2 Å². The van der Waals surface area contributed by atoms with Crippen molar-refractivity contribution in [3.63, 3.8) is 0 Å². The lowest BCUT2D eigenvalue weighted by Crippen LogP contribution is -2.28. The van der Waals surface area contributed by atoms with Crippen LogP contribution in [0.1, 0.15) is 31.7 Å². The summed E-state index contributed by atoms with van der Waals surface area (Å²) in [6.07, 6.45) is 0.961. The van der Waals surface area contributed by atoms with Gasteiger partial charge in [-0.15, -0.1) is 0 Å².